The number of rotatable bonds is 3. The van der Waals surface area contributed by atoms with Crippen LogP contribution in [0, 0.1) is 17.2 Å². The van der Waals surface area contributed by atoms with Crippen LogP contribution in [0.25, 0.3) is 0 Å². The van der Waals surface area contributed by atoms with Crippen LogP contribution in [0.5, 0.6) is 0 Å². The van der Waals surface area contributed by atoms with E-state index in [1.54, 1.807) is 0 Å². The van der Waals surface area contributed by atoms with Gasteiger partial charge < -0.3 is 15.7 Å². The van der Waals surface area contributed by atoms with Gasteiger partial charge in [-0.25, -0.2) is 9.18 Å². The molecule has 1 aliphatic carbocycles. The normalized spacial score (nSPS) is 22.8. The number of hydrogen-bond acceptors (Lipinski definition) is 3. The molecule has 2 aliphatic rings. The molecular weight excluding hydrogens is 275 g/mol. The SMILES string of the molecule is O=C(O)c1ccc(NC(=O)C2CC23CCNCC3)cc1F. The molecule has 1 heterocycles. The van der Waals surface area contributed by atoms with E-state index in [-0.39, 0.29) is 17.2 Å². The highest BCUT2D eigenvalue weighted by Gasteiger charge is 2.57. The summed E-state index contributed by atoms with van der Waals surface area (Å²) in [5.41, 5.74) is 0.0299. The Bertz CT molecular complexity index is 597. The van der Waals surface area contributed by atoms with E-state index in [9.17, 15) is 14.0 Å². The van der Waals surface area contributed by atoms with Gasteiger partial charge in [0.1, 0.15) is 5.82 Å². The van der Waals surface area contributed by atoms with Crippen molar-refractivity contribution in [1.29, 1.82) is 0 Å². The number of piperidine rings is 1. The largest absolute Gasteiger partial charge is 0.478 e. The molecule has 3 N–H and O–H groups in total. The standard InChI is InChI=1S/C15H17FN2O3/c16-12-7-9(1-2-10(12)14(20)21)18-13(19)11-8-15(11)3-5-17-6-4-15/h1-2,7,11,17H,3-6,8H2,(H,18,19)(H,20,21). The maximum Gasteiger partial charge on any atom is 0.338 e. The smallest absolute Gasteiger partial charge is 0.338 e. The monoisotopic (exact) mass is 292 g/mol. The molecule has 0 aromatic heterocycles. The minimum atomic E-state index is -1.32. The highest BCUT2D eigenvalue weighted by atomic mass is 19.1. The first kappa shape index (κ1) is 14.0. The van der Waals surface area contributed by atoms with Crippen molar-refractivity contribution >= 4 is 17.6 Å². The summed E-state index contributed by atoms with van der Waals surface area (Å²) in [7, 11) is 0. The summed E-state index contributed by atoms with van der Waals surface area (Å²) in [5, 5.41) is 14.7. The highest BCUT2D eigenvalue weighted by molar-refractivity contribution is 5.96. The first-order valence-electron chi connectivity index (χ1n) is 7.06. The number of benzene rings is 1. The summed E-state index contributed by atoms with van der Waals surface area (Å²) in [6.07, 6.45) is 2.88. The summed E-state index contributed by atoms with van der Waals surface area (Å²) in [4.78, 5) is 23.0. The summed E-state index contributed by atoms with van der Waals surface area (Å²) in [6.45, 7) is 1.87. The molecule has 1 unspecified atom stereocenters. The molecule has 112 valence electrons. The van der Waals surface area contributed by atoms with Crippen molar-refractivity contribution < 1.29 is 19.1 Å². The molecule has 21 heavy (non-hydrogen) atoms. The summed E-state index contributed by atoms with van der Waals surface area (Å²) >= 11 is 0. The van der Waals surface area contributed by atoms with Crippen LogP contribution >= 0.6 is 0 Å². The molecule has 3 rings (SSSR count). The minimum Gasteiger partial charge on any atom is -0.478 e. The number of nitrogens with one attached hydrogen (secondary N) is 2. The van der Waals surface area contributed by atoms with Gasteiger partial charge >= 0.3 is 5.97 Å². The van der Waals surface area contributed by atoms with Gasteiger partial charge in [0.05, 0.1) is 5.56 Å². The van der Waals surface area contributed by atoms with Crippen molar-refractivity contribution in [2.24, 2.45) is 11.3 Å². The highest BCUT2D eigenvalue weighted by Crippen LogP contribution is 2.58. The first-order valence-corrected chi connectivity index (χ1v) is 7.06. The number of carbonyl (C=O) groups excluding carboxylic acids is 1. The van der Waals surface area contributed by atoms with Crippen molar-refractivity contribution in [1.82, 2.24) is 5.32 Å². The van der Waals surface area contributed by atoms with Gasteiger partial charge in [-0.15, -0.1) is 0 Å². The van der Waals surface area contributed by atoms with E-state index in [4.69, 9.17) is 5.11 Å². The Morgan fingerprint density at radius 3 is 2.67 bits per heavy atom. The maximum atomic E-state index is 13.6. The number of aromatic carboxylic acids is 1. The lowest BCUT2D eigenvalue weighted by atomic mass is 9.92. The van der Waals surface area contributed by atoms with Crippen molar-refractivity contribution in [3.05, 3.63) is 29.6 Å². The third-order valence-corrected chi connectivity index (χ3v) is 4.57. The fourth-order valence-corrected chi connectivity index (χ4v) is 3.19. The zero-order chi connectivity index (χ0) is 15.0. The van der Waals surface area contributed by atoms with Gasteiger partial charge in [0.15, 0.2) is 0 Å². The van der Waals surface area contributed by atoms with E-state index < -0.39 is 17.3 Å². The van der Waals surface area contributed by atoms with Crippen LogP contribution < -0.4 is 10.6 Å². The van der Waals surface area contributed by atoms with Gasteiger partial charge in [0.25, 0.3) is 0 Å². The number of carbonyl (C=O) groups is 2. The lowest BCUT2D eigenvalue weighted by molar-refractivity contribution is -0.118. The topological polar surface area (TPSA) is 78.4 Å². The van der Waals surface area contributed by atoms with Gasteiger partial charge in [-0.2, -0.15) is 0 Å². The van der Waals surface area contributed by atoms with Crippen molar-refractivity contribution in [2.45, 2.75) is 19.3 Å². The van der Waals surface area contributed by atoms with Gasteiger partial charge in [-0.3, -0.25) is 4.79 Å². The van der Waals surface area contributed by atoms with E-state index in [1.165, 1.54) is 12.1 Å². The van der Waals surface area contributed by atoms with Crippen LogP contribution in [0.1, 0.15) is 29.6 Å². The van der Waals surface area contributed by atoms with E-state index in [0.717, 1.165) is 38.4 Å². The quantitative estimate of drug-likeness (QED) is 0.794. The van der Waals surface area contributed by atoms with E-state index in [2.05, 4.69) is 10.6 Å². The Morgan fingerprint density at radius 2 is 2.05 bits per heavy atom. The zero-order valence-corrected chi connectivity index (χ0v) is 11.5. The third kappa shape index (κ3) is 2.63. The minimum absolute atomic E-state index is 0.0122. The second kappa shape index (κ2) is 5.11. The van der Waals surface area contributed by atoms with Crippen LogP contribution in [-0.2, 0) is 4.79 Å². The number of anilines is 1. The molecule has 1 saturated heterocycles. The third-order valence-electron chi connectivity index (χ3n) is 4.57. The molecule has 0 bridgehead atoms. The molecule has 1 saturated carbocycles. The Balaban J connectivity index is 1.66. The van der Waals surface area contributed by atoms with Crippen molar-refractivity contribution in [3.8, 4) is 0 Å². The van der Waals surface area contributed by atoms with Crippen molar-refractivity contribution in [2.75, 3.05) is 18.4 Å². The molecule has 5 nitrogen and oxygen atoms in total. The van der Waals surface area contributed by atoms with E-state index in [1.807, 2.05) is 0 Å². The molecule has 1 spiro atoms. The average molecular weight is 292 g/mol. The van der Waals surface area contributed by atoms with Crippen molar-refractivity contribution in [3.63, 3.8) is 0 Å². The number of amides is 1. The molecule has 1 aromatic rings. The Morgan fingerprint density at radius 1 is 1.33 bits per heavy atom. The summed E-state index contributed by atoms with van der Waals surface area (Å²) in [6, 6.07) is 3.64. The first-order chi connectivity index (χ1) is 10.0. The predicted molar refractivity (Wildman–Crippen MR) is 74.6 cm³/mol. The van der Waals surface area contributed by atoms with Gasteiger partial charge in [0.2, 0.25) is 5.91 Å². The predicted octanol–water partition coefficient (Wildman–Crippen LogP) is 1.85. The summed E-state index contributed by atoms with van der Waals surface area (Å²) in [5.74, 6) is -2.27. The zero-order valence-electron chi connectivity index (χ0n) is 11.5. The number of carboxylic acids is 1. The van der Waals surface area contributed by atoms with Crippen LogP contribution in [-0.4, -0.2) is 30.1 Å². The average Bonchev–Trinajstić information content (AvgIpc) is 3.13. The van der Waals surface area contributed by atoms with Gasteiger partial charge in [0, 0.05) is 11.6 Å². The van der Waals surface area contributed by atoms with Crippen LogP contribution in [0.2, 0.25) is 0 Å². The van der Waals surface area contributed by atoms with Crippen LogP contribution in [0.3, 0.4) is 0 Å². The maximum absolute atomic E-state index is 13.6. The Kier molecular flexibility index (Phi) is 3.41. The molecule has 2 fully saturated rings. The molecule has 1 aromatic carbocycles. The van der Waals surface area contributed by atoms with Gasteiger partial charge in [-0.05, 0) is 56.0 Å². The fourth-order valence-electron chi connectivity index (χ4n) is 3.19. The molecule has 1 amide bonds. The lowest BCUT2D eigenvalue weighted by Crippen LogP contribution is -2.31. The van der Waals surface area contributed by atoms with Crippen LogP contribution in [0.15, 0.2) is 18.2 Å². The fraction of sp³-hybridized carbons (Fsp3) is 0.467. The molecule has 1 aliphatic heterocycles. The number of halogens is 1. The molecule has 1 atom stereocenters. The number of hydrogen-bond donors (Lipinski definition) is 3. The Labute approximate surface area is 121 Å². The van der Waals surface area contributed by atoms with E-state index >= 15 is 0 Å². The Hall–Kier alpha value is -1.95. The second-order valence-electron chi connectivity index (χ2n) is 5.86. The van der Waals surface area contributed by atoms with E-state index in [0.29, 0.717) is 5.69 Å². The van der Waals surface area contributed by atoms with Gasteiger partial charge in [-0.1, -0.05) is 0 Å². The second-order valence-corrected chi connectivity index (χ2v) is 5.86. The molecule has 6 heteroatoms. The van der Waals surface area contributed by atoms with Crippen LogP contribution in [0.4, 0.5) is 10.1 Å². The summed E-state index contributed by atoms with van der Waals surface area (Å²) < 4.78 is 13.6. The number of carboxylic acid groups (broad SMARTS) is 1. The molecule has 0 radical (unpaired) electrons. The molecular formula is C15H17FN2O3. The lowest BCUT2D eigenvalue weighted by Gasteiger charge is -2.23.